The lowest BCUT2D eigenvalue weighted by atomic mass is 9.91. The van der Waals surface area contributed by atoms with Gasteiger partial charge >= 0.3 is 6.03 Å². The number of nitrogens with zero attached hydrogens (tertiary/aromatic N) is 1. The molecule has 8 heteroatoms. The Morgan fingerprint density at radius 1 is 1.10 bits per heavy atom. The summed E-state index contributed by atoms with van der Waals surface area (Å²) < 4.78 is 11.3. The van der Waals surface area contributed by atoms with Crippen molar-refractivity contribution in [1.29, 1.82) is 0 Å². The van der Waals surface area contributed by atoms with Gasteiger partial charge in [-0.3, -0.25) is 14.5 Å². The molecule has 2 aliphatic heterocycles. The molecule has 4 rings (SSSR count). The minimum Gasteiger partial charge on any atom is -0.490 e. The Morgan fingerprint density at radius 3 is 2.48 bits per heavy atom. The highest BCUT2D eigenvalue weighted by atomic mass is 16.5. The predicted octanol–water partition coefficient (Wildman–Crippen LogP) is 2.87. The van der Waals surface area contributed by atoms with E-state index in [0.717, 1.165) is 22.4 Å². The number of para-hydroxylation sites is 1. The molecular weight excluding hydrogens is 398 g/mol. The molecule has 0 radical (unpaired) electrons. The summed E-state index contributed by atoms with van der Waals surface area (Å²) in [4.78, 5) is 39.3. The lowest BCUT2D eigenvalue weighted by Gasteiger charge is -2.23. The quantitative estimate of drug-likeness (QED) is 0.737. The van der Waals surface area contributed by atoms with E-state index < -0.39 is 23.4 Å². The van der Waals surface area contributed by atoms with Crippen molar-refractivity contribution in [3.8, 4) is 11.5 Å². The molecule has 0 aromatic heterocycles. The molecule has 162 valence electrons. The van der Waals surface area contributed by atoms with Gasteiger partial charge in [0, 0.05) is 12.1 Å². The molecule has 0 bridgehead atoms. The van der Waals surface area contributed by atoms with Crippen LogP contribution < -0.4 is 20.1 Å². The number of hydrogen-bond acceptors (Lipinski definition) is 5. The highest BCUT2D eigenvalue weighted by molar-refractivity contribution is 6.10. The number of carbonyl (C=O) groups excluding carboxylic acids is 3. The van der Waals surface area contributed by atoms with Crippen molar-refractivity contribution in [2.24, 2.45) is 0 Å². The number of nitrogens with one attached hydrogen (secondary N) is 2. The maximum Gasteiger partial charge on any atom is 0.325 e. The third-order valence-electron chi connectivity index (χ3n) is 5.65. The molecule has 2 aromatic rings. The number of imide groups is 1. The van der Waals surface area contributed by atoms with E-state index in [1.807, 2.05) is 32.0 Å². The van der Waals surface area contributed by atoms with Crippen LogP contribution in [0.25, 0.3) is 0 Å². The molecule has 0 spiro atoms. The first-order valence-electron chi connectivity index (χ1n) is 10.2. The highest BCUT2D eigenvalue weighted by Crippen LogP contribution is 2.36. The fourth-order valence-electron chi connectivity index (χ4n) is 3.84. The van der Waals surface area contributed by atoms with Crippen LogP contribution in [0.5, 0.6) is 11.5 Å². The van der Waals surface area contributed by atoms with Crippen LogP contribution in [0, 0.1) is 13.8 Å². The van der Waals surface area contributed by atoms with Crippen LogP contribution >= 0.6 is 0 Å². The Balaban J connectivity index is 1.53. The number of benzene rings is 2. The normalized spacial score (nSPS) is 20.3. The van der Waals surface area contributed by atoms with Gasteiger partial charge in [-0.2, -0.15) is 0 Å². The van der Waals surface area contributed by atoms with Gasteiger partial charge in [0.25, 0.3) is 5.91 Å². The van der Waals surface area contributed by atoms with Gasteiger partial charge in [-0.1, -0.05) is 24.3 Å². The maximum atomic E-state index is 13.2. The number of rotatable bonds is 4. The Labute approximate surface area is 180 Å². The summed E-state index contributed by atoms with van der Waals surface area (Å²) >= 11 is 0. The zero-order valence-electron chi connectivity index (χ0n) is 17.8. The number of urea groups is 1. The van der Waals surface area contributed by atoms with E-state index in [9.17, 15) is 14.4 Å². The molecule has 4 amide bonds. The van der Waals surface area contributed by atoms with E-state index in [1.165, 1.54) is 0 Å². The van der Waals surface area contributed by atoms with Crippen LogP contribution in [0.1, 0.15) is 30.0 Å². The average molecular weight is 423 g/mol. The molecule has 1 saturated heterocycles. The van der Waals surface area contributed by atoms with Crippen molar-refractivity contribution in [3.05, 3.63) is 53.1 Å². The number of anilines is 1. The fraction of sp³-hybridized carbons (Fsp3) is 0.348. The summed E-state index contributed by atoms with van der Waals surface area (Å²) in [7, 11) is 0. The van der Waals surface area contributed by atoms with Crippen molar-refractivity contribution in [1.82, 2.24) is 10.2 Å². The lowest BCUT2D eigenvalue weighted by molar-refractivity contribution is -0.133. The largest absolute Gasteiger partial charge is 0.490 e. The number of ether oxygens (including phenoxy) is 2. The van der Waals surface area contributed by atoms with Gasteiger partial charge in [-0.05, 0) is 49.6 Å². The highest BCUT2D eigenvalue weighted by Gasteiger charge is 2.49. The first-order valence-corrected chi connectivity index (χ1v) is 10.2. The van der Waals surface area contributed by atoms with Crippen molar-refractivity contribution >= 4 is 23.5 Å². The van der Waals surface area contributed by atoms with Crippen LogP contribution in [0.3, 0.4) is 0 Å². The van der Waals surface area contributed by atoms with E-state index in [-0.39, 0.29) is 6.54 Å². The zero-order valence-corrected chi connectivity index (χ0v) is 17.8. The molecule has 31 heavy (non-hydrogen) atoms. The fourth-order valence-corrected chi connectivity index (χ4v) is 3.84. The number of aryl methyl sites for hydroxylation is 2. The summed E-state index contributed by atoms with van der Waals surface area (Å²) in [6.07, 6.45) is 0.764. The van der Waals surface area contributed by atoms with Gasteiger partial charge in [0.15, 0.2) is 11.5 Å². The van der Waals surface area contributed by atoms with Gasteiger partial charge < -0.3 is 20.1 Å². The average Bonchev–Trinajstić information content (AvgIpc) is 2.90. The Bertz CT molecular complexity index is 1050. The Morgan fingerprint density at radius 2 is 1.77 bits per heavy atom. The first kappa shape index (κ1) is 20.7. The van der Waals surface area contributed by atoms with Crippen LogP contribution in [0.15, 0.2) is 36.4 Å². The second kappa shape index (κ2) is 7.94. The van der Waals surface area contributed by atoms with E-state index in [0.29, 0.717) is 36.0 Å². The SMILES string of the molecule is Cc1cccc(C)c1NC(=O)CN1C(=O)N[C@@](C)(c2ccc3c(c2)OCCCO3)C1=O. The Hall–Kier alpha value is -3.55. The maximum absolute atomic E-state index is 13.2. The minimum absolute atomic E-state index is 0.376. The number of amides is 4. The van der Waals surface area contributed by atoms with Crippen LogP contribution in [0.2, 0.25) is 0 Å². The molecular formula is C23H25N3O5. The van der Waals surface area contributed by atoms with Gasteiger partial charge in [0.1, 0.15) is 12.1 Å². The van der Waals surface area contributed by atoms with E-state index in [4.69, 9.17) is 9.47 Å². The number of carbonyl (C=O) groups is 3. The Kier molecular flexibility index (Phi) is 5.31. The standard InChI is InChI=1S/C23H25N3O5/c1-14-6-4-7-15(2)20(14)24-19(27)13-26-21(28)23(3,25-22(26)29)16-8-9-17-18(12-16)31-11-5-10-30-17/h4,6-9,12H,5,10-11,13H2,1-3H3,(H,24,27)(H,25,29)/t23-/m0/s1. The molecule has 1 atom stereocenters. The van der Waals surface area contributed by atoms with E-state index >= 15 is 0 Å². The molecule has 2 aromatic carbocycles. The molecule has 1 fully saturated rings. The summed E-state index contributed by atoms with van der Waals surface area (Å²) in [5, 5.41) is 5.53. The van der Waals surface area contributed by atoms with Crippen LogP contribution in [-0.4, -0.2) is 42.5 Å². The molecule has 0 aliphatic carbocycles. The monoisotopic (exact) mass is 423 g/mol. The predicted molar refractivity (Wildman–Crippen MR) is 114 cm³/mol. The van der Waals surface area contributed by atoms with Gasteiger partial charge in [0.2, 0.25) is 5.91 Å². The molecule has 0 saturated carbocycles. The third-order valence-corrected chi connectivity index (χ3v) is 5.65. The molecule has 8 nitrogen and oxygen atoms in total. The van der Waals surface area contributed by atoms with Gasteiger partial charge in [0.05, 0.1) is 13.2 Å². The van der Waals surface area contributed by atoms with Crippen molar-refractivity contribution in [2.45, 2.75) is 32.7 Å². The van der Waals surface area contributed by atoms with Gasteiger partial charge in [-0.25, -0.2) is 4.79 Å². The molecule has 2 aliphatic rings. The van der Waals surface area contributed by atoms with Crippen molar-refractivity contribution in [3.63, 3.8) is 0 Å². The third kappa shape index (κ3) is 3.81. The summed E-state index contributed by atoms with van der Waals surface area (Å²) in [5.74, 6) is 0.198. The number of hydrogen-bond donors (Lipinski definition) is 2. The molecule has 2 N–H and O–H groups in total. The van der Waals surface area contributed by atoms with Gasteiger partial charge in [-0.15, -0.1) is 0 Å². The first-order chi connectivity index (χ1) is 14.8. The van der Waals surface area contributed by atoms with Crippen molar-refractivity contribution < 1.29 is 23.9 Å². The topological polar surface area (TPSA) is 97.0 Å². The molecule has 2 heterocycles. The van der Waals surface area contributed by atoms with E-state index in [2.05, 4.69) is 10.6 Å². The second-order valence-corrected chi connectivity index (χ2v) is 7.97. The smallest absolute Gasteiger partial charge is 0.325 e. The number of fused-ring (bicyclic) bond motifs is 1. The van der Waals surface area contributed by atoms with Crippen LogP contribution in [0.4, 0.5) is 10.5 Å². The second-order valence-electron chi connectivity index (χ2n) is 7.97. The molecule has 0 unspecified atom stereocenters. The van der Waals surface area contributed by atoms with E-state index in [1.54, 1.807) is 25.1 Å². The van der Waals surface area contributed by atoms with Crippen LogP contribution in [-0.2, 0) is 15.1 Å². The summed E-state index contributed by atoms with van der Waals surface area (Å²) in [5.41, 5.74) is 1.75. The van der Waals surface area contributed by atoms with Crippen molar-refractivity contribution in [2.75, 3.05) is 25.1 Å². The lowest BCUT2D eigenvalue weighted by Crippen LogP contribution is -2.42. The summed E-state index contributed by atoms with van der Waals surface area (Å²) in [6, 6.07) is 10.2. The summed E-state index contributed by atoms with van der Waals surface area (Å²) in [6.45, 7) is 6.09. The zero-order chi connectivity index (χ0) is 22.2. The minimum atomic E-state index is -1.30.